The number of hydrogen-bond acceptors (Lipinski definition) is 5. The molecule has 2 aliphatic rings. The second-order valence-corrected chi connectivity index (χ2v) is 8.57. The zero-order valence-electron chi connectivity index (χ0n) is 18.4. The van der Waals surface area contributed by atoms with E-state index in [-0.39, 0.29) is 29.7 Å². The summed E-state index contributed by atoms with van der Waals surface area (Å²) in [6.45, 7) is 1.98. The molecule has 1 saturated heterocycles. The van der Waals surface area contributed by atoms with Gasteiger partial charge in [0.2, 0.25) is 5.91 Å². The zero-order chi connectivity index (χ0) is 22.5. The van der Waals surface area contributed by atoms with Crippen LogP contribution in [0.25, 0.3) is 0 Å². The fourth-order valence-corrected chi connectivity index (χ4v) is 4.33. The number of likely N-dealkylation sites (tertiary alicyclic amines) is 1. The quantitative estimate of drug-likeness (QED) is 0.371. The Labute approximate surface area is 182 Å². The molecule has 3 rings (SSSR count). The summed E-state index contributed by atoms with van der Waals surface area (Å²) in [5, 5.41) is 7.83. The molecule has 0 aromatic heterocycles. The van der Waals surface area contributed by atoms with E-state index in [1.54, 1.807) is 21.1 Å². The number of hydrogen-bond donors (Lipinski definition) is 2. The largest absolute Gasteiger partial charge is 0.490 e. The van der Waals surface area contributed by atoms with E-state index in [1.807, 2.05) is 4.90 Å². The second-order valence-electron chi connectivity index (χ2n) is 8.57. The van der Waals surface area contributed by atoms with Gasteiger partial charge in [-0.15, -0.1) is 0 Å². The van der Waals surface area contributed by atoms with Gasteiger partial charge in [0, 0.05) is 45.9 Å². The van der Waals surface area contributed by atoms with Gasteiger partial charge in [-0.25, -0.2) is 14.2 Å². The molecule has 2 fully saturated rings. The number of likely N-dealkylation sites (N-methyl/N-ethyl adjacent to an activating group) is 1. The molecule has 2 atom stereocenters. The molecule has 1 aliphatic carbocycles. The van der Waals surface area contributed by atoms with Crippen molar-refractivity contribution in [2.45, 2.75) is 32.1 Å². The SMILES string of the molecule is CNOC(=N)N1CCC(C2CC2CCOc2cc(F)c(CC(=O)N(C)C)cc2F)CC1. The maximum atomic E-state index is 14.3. The van der Waals surface area contributed by atoms with Crippen molar-refractivity contribution in [3.05, 3.63) is 29.3 Å². The van der Waals surface area contributed by atoms with Crippen molar-refractivity contribution >= 4 is 11.9 Å². The molecule has 1 amide bonds. The van der Waals surface area contributed by atoms with Gasteiger partial charge in [-0.2, -0.15) is 5.48 Å². The summed E-state index contributed by atoms with van der Waals surface area (Å²) in [5.41, 5.74) is 2.56. The molecule has 9 heteroatoms. The number of nitrogens with one attached hydrogen (secondary N) is 2. The minimum atomic E-state index is -0.645. The predicted molar refractivity (Wildman–Crippen MR) is 113 cm³/mol. The van der Waals surface area contributed by atoms with Crippen molar-refractivity contribution in [3.63, 3.8) is 0 Å². The number of nitrogens with zero attached hydrogens (tertiary/aromatic N) is 2. The van der Waals surface area contributed by atoms with Crippen LogP contribution in [0.15, 0.2) is 12.1 Å². The first-order valence-corrected chi connectivity index (χ1v) is 10.8. The van der Waals surface area contributed by atoms with Gasteiger partial charge in [0.1, 0.15) is 5.82 Å². The normalized spacial score (nSPS) is 21.0. The van der Waals surface area contributed by atoms with Crippen molar-refractivity contribution in [3.8, 4) is 5.75 Å². The Bertz CT molecular complexity index is 797. The van der Waals surface area contributed by atoms with Crippen LogP contribution in [-0.2, 0) is 16.1 Å². The Balaban J connectivity index is 1.41. The van der Waals surface area contributed by atoms with E-state index in [1.165, 1.54) is 4.90 Å². The standard InChI is InChI=1S/C22H32F2N4O3/c1-26-31-22(25)28-7-4-14(5-8-28)17-10-15(17)6-9-30-20-13-18(23)16(11-19(20)24)12-21(29)27(2)3/h11,13-15,17,25-26H,4-10,12H2,1-3H3. The lowest BCUT2D eigenvalue weighted by Crippen LogP contribution is -2.41. The lowest BCUT2D eigenvalue weighted by atomic mass is 9.90. The number of piperidine rings is 1. The van der Waals surface area contributed by atoms with Gasteiger partial charge in [0.25, 0.3) is 0 Å². The Morgan fingerprint density at radius 1 is 1.26 bits per heavy atom. The minimum absolute atomic E-state index is 0.0327. The van der Waals surface area contributed by atoms with Gasteiger partial charge >= 0.3 is 6.02 Å². The number of halogens is 2. The van der Waals surface area contributed by atoms with Crippen molar-refractivity contribution in [2.24, 2.45) is 17.8 Å². The summed E-state index contributed by atoms with van der Waals surface area (Å²) in [6.07, 6.45) is 3.83. The molecular formula is C22H32F2N4O3. The number of ether oxygens (including phenoxy) is 1. The summed E-state index contributed by atoms with van der Waals surface area (Å²) in [4.78, 5) is 20.0. The van der Waals surface area contributed by atoms with Crippen LogP contribution < -0.4 is 10.2 Å². The van der Waals surface area contributed by atoms with E-state index < -0.39 is 11.6 Å². The number of carbonyl (C=O) groups excluding carboxylic acids is 1. The first kappa shape index (κ1) is 23.2. The number of hydroxylamine groups is 1. The maximum absolute atomic E-state index is 14.3. The Morgan fingerprint density at radius 2 is 1.97 bits per heavy atom. The Hall–Kier alpha value is -2.42. The van der Waals surface area contributed by atoms with Crippen molar-refractivity contribution < 1.29 is 23.1 Å². The van der Waals surface area contributed by atoms with E-state index in [0.717, 1.165) is 50.9 Å². The minimum Gasteiger partial charge on any atom is -0.490 e. The van der Waals surface area contributed by atoms with Gasteiger partial charge in [-0.1, -0.05) is 0 Å². The molecule has 7 nitrogen and oxygen atoms in total. The number of amidine groups is 1. The van der Waals surface area contributed by atoms with Crippen LogP contribution in [0, 0.1) is 34.8 Å². The molecule has 0 radical (unpaired) electrons. The fraction of sp³-hybridized carbons (Fsp3) is 0.636. The predicted octanol–water partition coefficient (Wildman–Crippen LogP) is 2.80. The molecule has 1 saturated carbocycles. The number of rotatable bonds is 8. The van der Waals surface area contributed by atoms with Gasteiger partial charge in [0.15, 0.2) is 11.6 Å². The van der Waals surface area contributed by atoms with Crippen LogP contribution in [0.1, 0.15) is 31.2 Å². The Morgan fingerprint density at radius 3 is 2.61 bits per heavy atom. The van der Waals surface area contributed by atoms with E-state index >= 15 is 0 Å². The average molecular weight is 439 g/mol. The molecule has 1 aromatic rings. The summed E-state index contributed by atoms with van der Waals surface area (Å²) < 4.78 is 34.1. The molecular weight excluding hydrogens is 406 g/mol. The van der Waals surface area contributed by atoms with Gasteiger partial charge < -0.3 is 19.4 Å². The lowest BCUT2D eigenvalue weighted by Gasteiger charge is -2.32. The monoisotopic (exact) mass is 438 g/mol. The highest BCUT2D eigenvalue weighted by atomic mass is 19.1. The highest BCUT2D eigenvalue weighted by Crippen LogP contribution is 2.49. The second kappa shape index (κ2) is 10.3. The molecule has 1 heterocycles. The summed E-state index contributed by atoms with van der Waals surface area (Å²) in [5.74, 6) is 0.160. The smallest absolute Gasteiger partial charge is 0.304 e. The summed E-state index contributed by atoms with van der Waals surface area (Å²) >= 11 is 0. The van der Waals surface area contributed by atoms with E-state index in [4.69, 9.17) is 15.0 Å². The van der Waals surface area contributed by atoms with Crippen molar-refractivity contribution in [1.29, 1.82) is 5.41 Å². The molecule has 172 valence electrons. The topological polar surface area (TPSA) is 77.9 Å². The Kier molecular flexibility index (Phi) is 7.69. The number of benzene rings is 1. The third-order valence-corrected chi connectivity index (χ3v) is 6.30. The first-order chi connectivity index (χ1) is 14.8. The molecule has 2 N–H and O–H groups in total. The highest BCUT2D eigenvalue weighted by molar-refractivity contribution is 5.78. The first-order valence-electron chi connectivity index (χ1n) is 10.8. The van der Waals surface area contributed by atoms with E-state index in [0.29, 0.717) is 24.4 Å². The third-order valence-electron chi connectivity index (χ3n) is 6.30. The summed E-state index contributed by atoms with van der Waals surface area (Å²) in [6, 6.07) is 2.25. The molecule has 0 bridgehead atoms. The van der Waals surface area contributed by atoms with Crippen molar-refractivity contribution in [2.75, 3.05) is 40.8 Å². The van der Waals surface area contributed by atoms with Crippen LogP contribution >= 0.6 is 0 Å². The highest BCUT2D eigenvalue weighted by Gasteiger charge is 2.43. The third kappa shape index (κ3) is 6.06. The average Bonchev–Trinajstić information content (AvgIpc) is 3.51. The lowest BCUT2D eigenvalue weighted by molar-refractivity contribution is -0.128. The fourth-order valence-electron chi connectivity index (χ4n) is 4.33. The number of amides is 1. The van der Waals surface area contributed by atoms with E-state index in [2.05, 4.69) is 5.48 Å². The molecule has 1 aliphatic heterocycles. The van der Waals surface area contributed by atoms with Gasteiger partial charge in [-0.3, -0.25) is 4.79 Å². The van der Waals surface area contributed by atoms with Crippen LogP contribution in [0.3, 0.4) is 0 Å². The molecule has 2 unspecified atom stereocenters. The van der Waals surface area contributed by atoms with Crippen molar-refractivity contribution in [1.82, 2.24) is 15.3 Å². The van der Waals surface area contributed by atoms with Gasteiger partial charge in [0.05, 0.1) is 13.0 Å². The molecule has 31 heavy (non-hydrogen) atoms. The number of carbonyl (C=O) groups is 1. The van der Waals surface area contributed by atoms with Crippen LogP contribution in [0.2, 0.25) is 0 Å². The van der Waals surface area contributed by atoms with E-state index in [9.17, 15) is 13.6 Å². The van der Waals surface area contributed by atoms with Crippen LogP contribution in [0.4, 0.5) is 8.78 Å². The zero-order valence-corrected chi connectivity index (χ0v) is 18.4. The molecule has 1 aromatic carbocycles. The van der Waals surface area contributed by atoms with Crippen LogP contribution in [-0.4, -0.2) is 62.6 Å². The van der Waals surface area contributed by atoms with Gasteiger partial charge in [-0.05, 0) is 49.5 Å². The maximum Gasteiger partial charge on any atom is 0.304 e. The van der Waals surface area contributed by atoms with Crippen LogP contribution in [0.5, 0.6) is 5.75 Å². The summed E-state index contributed by atoms with van der Waals surface area (Å²) in [7, 11) is 4.79. The molecule has 0 spiro atoms.